The Morgan fingerprint density at radius 2 is 1.07 bits per heavy atom. The zero-order valence-electron chi connectivity index (χ0n) is 22.5. The topological polar surface area (TPSA) is 38.0 Å². The second-order valence-electron chi connectivity index (χ2n) is 10.4. The number of para-hydroxylation sites is 4. The van der Waals surface area contributed by atoms with Crippen molar-refractivity contribution in [1.29, 1.82) is 5.26 Å². The van der Waals surface area contributed by atoms with Gasteiger partial charge in [-0.1, -0.05) is 84.9 Å². The molecule has 0 aliphatic carbocycles. The molecule has 0 bridgehead atoms. The fraction of sp³-hybridized carbons (Fsp3) is 0. The smallest absolute Gasteiger partial charge is 0.188 e. The van der Waals surface area contributed by atoms with Crippen LogP contribution >= 0.6 is 0 Å². The summed E-state index contributed by atoms with van der Waals surface area (Å²) < 4.78 is 4.46. The van der Waals surface area contributed by atoms with Crippen LogP contribution < -0.4 is 0 Å². The average Bonchev–Trinajstić information content (AvgIpc) is 3.57. The van der Waals surface area contributed by atoms with Crippen LogP contribution in [0.25, 0.3) is 71.0 Å². The fourth-order valence-electron chi connectivity index (χ4n) is 6.37. The number of nitrogens with zero attached hydrogens (tertiary/aromatic N) is 4. The molecule has 194 valence electrons. The van der Waals surface area contributed by atoms with Crippen LogP contribution in [-0.4, -0.2) is 9.13 Å². The van der Waals surface area contributed by atoms with E-state index in [2.05, 4.69) is 92.8 Å². The van der Waals surface area contributed by atoms with Crippen molar-refractivity contribution < 1.29 is 0 Å². The highest BCUT2D eigenvalue weighted by molar-refractivity contribution is 6.11. The zero-order chi connectivity index (χ0) is 28.2. The van der Waals surface area contributed by atoms with Gasteiger partial charge in [0.15, 0.2) is 5.69 Å². The molecule has 0 aliphatic rings. The maximum absolute atomic E-state index is 10.4. The summed E-state index contributed by atoms with van der Waals surface area (Å²) >= 11 is 0. The van der Waals surface area contributed by atoms with Crippen LogP contribution in [0.5, 0.6) is 0 Å². The third kappa shape index (κ3) is 3.40. The van der Waals surface area contributed by atoms with Crippen LogP contribution in [0, 0.1) is 17.9 Å². The molecule has 6 aromatic carbocycles. The Kier molecular flexibility index (Phi) is 5.22. The predicted octanol–water partition coefficient (Wildman–Crippen LogP) is 9.97. The van der Waals surface area contributed by atoms with E-state index in [0.29, 0.717) is 11.3 Å². The lowest BCUT2D eigenvalue weighted by Crippen LogP contribution is -2.00. The van der Waals surface area contributed by atoms with E-state index in [0.717, 1.165) is 55.3 Å². The highest BCUT2D eigenvalue weighted by Crippen LogP contribution is 2.39. The highest BCUT2D eigenvalue weighted by Gasteiger charge is 2.18. The lowest BCUT2D eigenvalue weighted by atomic mass is 10.00. The van der Waals surface area contributed by atoms with Gasteiger partial charge in [-0.2, -0.15) is 5.26 Å². The number of benzene rings is 6. The summed E-state index contributed by atoms with van der Waals surface area (Å²) in [5.74, 6) is 0. The minimum atomic E-state index is 0.609. The molecule has 0 saturated carbocycles. The Morgan fingerprint density at radius 1 is 0.524 bits per heavy atom. The number of fused-ring (bicyclic) bond motifs is 6. The molecule has 0 atom stereocenters. The van der Waals surface area contributed by atoms with Crippen LogP contribution in [0.4, 0.5) is 5.69 Å². The van der Waals surface area contributed by atoms with Crippen molar-refractivity contribution in [2.45, 2.75) is 0 Å². The molecular formula is C38H22N4. The van der Waals surface area contributed by atoms with E-state index in [1.165, 1.54) is 10.8 Å². The lowest BCUT2D eigenvalue weighted by molar-refractivity contribution is 1.16. The van der Waals surface area contributed by atoms with Crippen LogP contribution in [0.15, 0.2) is 133 Å². The van der Waals surface area contributed by atoms with Gasteiger partial charge in [-0.05, 0) is 59.5 Å². The number of hydrogen-bond donors (Lipinski definition) is 0. The molecule has 0 amide bonds. The predicted molar refractivity (Wildman–Crippen MR) is 172 cm³/mol. The fourth-order valence-corrected chi connectivity index (χ4v) is 6.37. The van der Waals surface area contributed by atoms with Crippen molar-refractivity contribution in [3.05, 3.63) is 150 Å². The monoisotopic (exact) mass is 534 g/mol. The quantitative estimate of drug-likeness (QED) is 0.208. The van der Waals surface area contributed by atoms with E-state index in [9.17, 15) is 5.26 Å². The highest BCUT2D eigenvalue weighted by atomic mass is 15.0. The third-order valence-electron chi connectivity index (χ3n) is 8.18. The van der Waals surface area contributed by atoms with Crippen molar-refractivity contribution in [2.24, 2.45) is 0 Å². The molecule has 2 aromatic heterocycles. The van der Waals surface area contributed by atoms with Crippen LogP contribution in [0.3, 0.4) is 0 Å². The second-order valence-corrected chi connectivity index (χ2v) is 10.4. The largest absolute Gasteiger partial charge is 0.309 e. The Labute approximate surface area is 242 Å². The summed E-state index contributed by atoms with van der Waals surface area (Å²) in [5, 5.41) is 14.9. The molecule has 0 aliphatic heterocycles. The molecule has 8 rings (SSSR count). The first-order chi connectivity index (χ1) is 20.8. The maximum atomic E-state index is 10.4. The van der Waals surface area contributed by atoms with E-state index >= 15 is 0 Å². The molecule has 4 heteroatoms. The molecule has 0 spiro atoms. The van der Waals surface area contributed by atoms with Crippen LogP contribution in [0.2, 0.25) is 0 Å². The van der Waals surface area contributed by atoms with Gasteiger partial charge in [0.05, 0.1) is 45.6 Å². The normalized spacial score (nSPS) is 11.3. The summed E-state index contributed by atoms with van der Waals surface area (Å²) in [5.41, 5.74) is 9.38. The van der Waals surface area contributed by atoms with Gasteiger partial charge in [0, 0.05) is 21.7 Å². The summed E-state index contributed by atoms with van der Waals surface area (Å²) in [4.78, 5) is 3.67. The van der Waals surface area contributed by atoms with Crippen molar-refractivity contribution in [2.75, 3.05) is 0 Å². The molecular weight excluding hydrogens is 512 g/mol. The van der Waals surface area contributed by atoms with Gasteiger partial charge < -0.3 is 9.13 Å². The Bertz CT molecular complexity index is 2390. The lowest BCUT2D eigenvalue weighted by Gasteiger charge is -2.16. The molecule has 0 N–H and O–H groups in total. The number of aromatic nitrogens is 2. The van der Waals surface area contributed by atoms with E-state index in [1.54, 1.807) is 0 Å². The molecule has 8 aromatic rings. The van der Waals surface area contributed by atoms with Gasteiger partial charge in [0.25, 0.3) is 0 Å². The van der Waals surface area contributed by atoms with Gasteiger partial charge in [0.2, 0.25) is 0 Å². The molecule has 4 nitrogen and oxygen atoms in total. The van der Waals surface area contributed by atoms with E-state index in [-0.39, 0.29) is 0 Å². The van der Waals surface area contributed by atoms with Gasteiger partial charge in [0.1, 0.15) is 6.07 Å². The van der Waals surface area contributed by atoms with Crippen molar-refractivity contribution in [3.63, 3.8) is 0 Å². The first-order valence-corrected chi connectivity index (χ1v) is 13.8. The van der Waals surface area contributed by atoms with Gasteiger partial charge >= 0.3 is 0 Å². The molecule has 0 unspecified atom stereocenters. The Morgan fingerprint density at radius 3 is 1.71 bits per heavy atom. The molecule has 0 fully saturated rings. The van der Waals surface area contributed by atoms with E-state index < -0.39 is 0 Å². The minimum absolute atomic E-state index is 0.609. The van der Waals surface area contributed by atoms with Crippen molar-refractivity contribution >= 4 is 49.3 Å². The number of nitriles is 1. The maximum Gasteiger partial charge on any atom is 0.188 e. The number of hydrogen-bond acceptors (Lipinski definition) is 1. The Hall–Kier alpha value is -6.10. The van der Waals surface area contributed by atoms with Crippen LogP contribution in [-0.2, 0) is 0 Å². The molecule has 42 heavy (non-hydrogen) atoms. The third-order valence-corrected chi connectivity index (χ3v) is 8.18. The first-order valence-electron chi connectivity index (χ1n) is 13.8. The van der Waals surface area contributed by atoms with Crippen molar-refractivity contribution in [3.8, 4) is 28.6 Å². The van der Waals surface area contributed by atoms with Crippen molar-refractivity contribution in [1.82, 2.24) is 9.13 Å². The van der Waals surface area contributed by atoms with Gasteiger partial charge in [-0.25, -0.2) is 4.85 Å². The summed E-state index contributed by atoms with van der Waals surface area (Å²) in [6.45, 7) is 7.53. The summed E-state index contributed by atoms with van der Waals surface area (Å²) in [6.07, 6.45) is 0. The molecule has 0 radical (unpaired) electrons. The standard InChI is InChI=1S/C38H22N4/c1-40-27-19-21-38-32(23-27)31-13-5-9-17-37(31)42(38)34-14-6-2-10-28(34)25-18-20-33(26(22-25)24-39)41-35-15-7-3-11-29(35)30-12-4-8-16-36(30)41/h2-23H. The summed E-state index contributed by atoms with van der Waals surface area (Å²) in [7, 11) is 0. The molecule has 2 heterocycles. The summed E-state index contributed by atoms with van der Waals surface area (Å²) in [6, 6.07) is 47.9. The average molecular weight is 535 g/mol. The Balaban J connectivity index is 1.37. The SMILES string of the molecule is [C-]#[N+]c1ccc2c(c1)c1ccccc1n2-c1ccccc1-c1ccc(-n2c3ccccc3c3ccccc32)c(C#N)c1. The zero-order valence-corrected chi connectivity index (χ0v) is 22.5. The van der Waals surface area contributed by atoms with Crippen LogP contribution in [0.1, 0.15) is 5.56 Å². The second kappa shape index (κ2) is 9.24. The van der Waals surface area contributed by atoms with Gasteiger partial charge in [-0.3, -0.25) is 0 Å². The van der Waals surface area contributed by atoms with E-state index in [1.807, 2.05) is 60.7 Å². The minimum Gasteiger partial charge on any atom is -0.309 e. The van der Waals surface area contributed by atoms with Gasteiger partial charge in [-0.15, -0.1) is 0 Å². The number of rotatable bonds is 3. The van der Waals surface area contributed by atoms with E-state index in [4.69, 9.17) is 6.57 Å². The first kappa shape index (κ1) is 23.8. The molecule has 0 saturated heterocycles.